The second-order valence-corrected chi connectivity index (χ2v) is 5.56. The third-order valence-corrected chi connectivity index (χ3v) is 4.64. The summed E-state index contributed by atoms with van der Waals surface area (Å²) in [5.74, 6) is -0.624. The maximum absolute atomic E-state index is 11.8. The van der Waals surface area contributed by atoms with Crippen molar-refractivity contribution in [1.82, 2.24) is 14.7 Å². The molecule has 18 heavy (non-hydrogen) atoms. The van der Waals surface area contributed by atoms with Gasteiger partial charge in [-0.15, -0.1) is 0 Å². The number of hydrogen-bond donors (Lipinski definition) is 1. The number of rotatable bonds is 3. The van der Waals surface area contributed by atoms with Crippen LogP contribution in [0.5, 0.6) is 0 Å². The van der Waals surface area contributed by atoms with Crippen molar-refractivity contribution < 1.29 is 9.90 Å². The average molecular weight is 255 g/mol. The zero-order valence-corrected chi connectivity index (χ0v) is 11.6. The quantitative estimate of drug-likeness (QED) is 0.779. The summed E-state index contributed by atoms with van der Waals surface area (Å²) < 4.78 is 0. The monoisotopic (exact) mass is 255 g/mol. The summed E-state index contributed by atoms with van der Waals surface area (Å²) in [6, 6.07) is 0. The molecular formula is C13H25N3O2. The molecule has 0 aromatic carbocycles. The standard InChI is InChI=1S/C13H25N3O2/c1-3-15-8-10-16(11-9-15)13(12(17)18)4-6-14(2)7-5-13/h3-11H2,1-2H3,(H,17,18). The minimum atomic E-state index is -0.624. The molecule has 0 aliphatic carbocycles. The molecule has 2 saturated heterocycles. The molecule has 0 aromatic rings. The number of carboxylic acids is 1. The van der Waals surface area contributed by atoms with E-state index in [-0.39, 0.29) is 0 Å². The molecule has 2 heterocycles. The molecule has 0 unspecified atom stereocenters. The number of likely N-dealkylation sites (tertiary alicyclic amines) is 1. The number of hydrogen-bond acceptors (Lipinski definition) is 4. The van der Waals surface area contributed by atoms with E-state index in [4.69, 9.17) is 0 Å². The van der Waals surface area contributed by atoms with Gasteiger partial charge in [0.15, 0.2) is 0 Å². The fourth-order valence-electron chi connectivity index (χ4n) is 3.15. The van der Waals surface area contributed by atoms with Crippen LogP contribution in [0.15, 0.2) is 0 Å². The Kier molecular flexibility index (Phi) is 4.25. The van der Waals surface area contributed by atoms with Crippen molar-refractivity contribution in [3.63, 3.8) is 0 Å². The van der Waals surface area contributed by atoms with E-state index >= 15 is 0 Å². The van der Waals surface area contributed by atoms with E-state index in [1.165, 1.54) is 0 Å². The molecule has 104 valence electrons. The highest BCUT2D eigenvalue weighted by atomic mass is 16.4. The zero-order valence-electron chi connectivity index (χ0n) is 11.6. The molecule has 2 aliphatic heterocycles. The van der Waals surface area contributed by atoms with Crippen molar-refractivity contribution in [2.45, 2.75) is 25.3 Å². The molecule has 2 rings (SSSR count). The van der Waals surface area contributed by atoms with Gasteiger partial charge in [0.2, 0.25) is 0 Å². The molecule has 2 fully saturated rings. The third kappa shape index (κ3) is 2.53. The van der Waals surface area contributed by atoms with Crippen molar-refractivity contribution in [2.24, 2.45) is 0 Å². The molecule has 0 saturated carbocycles. The van der Waals surface area contributed by atoms with Crippen molar-refractivity contribution >= 4 is 5.97 Å². The summed E-state index contributed by atoms with van der Waals surface area (Å²) in [7, 11) is 2.07. The highest BCUT2D eigenvalue weighted by Gasteiger charge is 2.46. The fourth-order valence-corrected chi connectivity index (χ4v) is 3.15. The van der Waals surface area contributed by atoms with Gasteiger partial charge in [-0.1, -0.05) is 6.92 Å². The molecule has 2 aliphatic rings. The first kappa shape index (κ1) is 13.8. The van der Waals surface area contributed by atoms with Gasteiger partial charge >= 0.3 is 5.97 Å². The summed E-state index contributed by atoms with van der Waals surface area (Å²) >= 11 is 0. The summed E-state index contributed by atoms with van der Waals surface area (Å²) in [5, 5.41) is 9.68. The first-order valence-electron chi connectivity index (χ1n) is 6.98. The molecular weight excluding hydrogens is 230 g/mol. The van der Waals surface area contributed by atoms with Crippen LogP contribution in [0, 0.1) is 0 Å². The van der Waals surface area contributed by atoms with Gasteiger partial charge in [0.05, 0.1) is 0 Å². The van der Waals surface area contributed by atoms with E-state index in [0.717, 1.165) is 58.7 Å². The highest BCUT2D eigenvalue weighted by Crippen LogP contribution is 2.30. The largest absolute Gasteiger partial charge is 0.480 e. The van der Waals surface area contributed by atoms with Gasteiger partial charge in [0, 0.05) is 39.3 Å². The number of aliphatic carboxylic acids is 1. The van der Waals surface area contributed by atoms with E-state index in [9.17, 15) is 9.90 Å². The molecule has 0 bridgehead atoms. The van der Waals surface area contributed by atoms with Gasteiger partial charge < -0.3 is 14.9 Å². The first-order valence-corrected chi connectivity index (χ1v) is 6.98. The van der Waals surface area contributed by atoms with Crippen LogP contribution >= 0.6 is 0 Å². The molecule has 0 amide bonds. The summed E-state index contributed by atoms with van der Waals surface area (Å²) in [6.07, 6.45) is 1.51. The topological polar surface area (TPSA) is 47.0 Å². The molecule has 0 spiro atoms. The van der Waals surface area contributed by atoms with Crippen LogP contribution in [0.1, 0.15) is 19.8 Å². The molecule has 0 aromatic heterocycles. The number of piperidine rings is 1. The van der Waals surface area contributed by atoms with Gasteiger partial charge in [0.25, 0.3) is 0 Å². The third-order valence-electron chi connectivity index (χ3n) is 4.64. The normalized spacial score (nSPS) is 27.2. The van der Waals surface area contributed by atoms with Crippen LogP contribution in [0.4, 0.5) is 0 Å². The Bertz CT molecular complexity index is 293. The van der Waals surface area contributed by atoms with Gasteiger partial charge in [-0.05, 0) is 26.4 Å². The van der Waals surface area contributed by atoms with Gasteiger partial charge in [-0.3, -0.25) is 9.69 Å². The first-order chi connectivity index (χ1) is 8.58. The maximum Gasteiger partial charge on any atom is 0.324 e. The SMILES string of the molecule is CCN1CCN(C2(C(=O)O)CCN(C)CC2)CC1. The van der Waals surface area contributed by atoms with E-state index in [1.807, 2.05) is 0 Å². The van der Waals surface area contributed by atoms with Crippen LogP contribution in [0.3, 0.4) is 0 Å². The highest BCUT2D eigenvalue weighted by molar-refractivity contribution is 5.79. The number of carboxylic acid groups (broad SMARTS) is 1. The lowest BCUT2D eigenvalue weighted by molar-refractivity contribution is -0.157. The minimum Gasteiger partial charge on any atom is -0.480 e. The number of piperazine rings is 1. The Morgan fingerprint density at radius 1 is 1.11 bits per heavy atom. The lowest BCUT2D eigenvalue weighted by Gasteiger charge is -2.48. The lowest BCUT2D eigenvalue weighted by atomic mass is 9.85. The Hall–Kier alpha value is -0.650. The Labute approximate surface area is 109 Å². The van der Waals surface area contributed by atoms with Gasteiger partial charge in [-0.2, -0.15) is 0 Å². The Morgan fingerprint density at radius 3 is 2.11 bits per heavy atom. The Morgan fingerprint density at radius 2 is 1.67 bits per heavy atom. The number of nitrogens with zero attached hydrogens (tertiary/aromatic N) is 3. The smallest absolute Gasteiger partial charge is 0.324 e. The molecule has 0 atom stereocenters. The second kappa shape index (κ2) is 5.55. The predicted molar refractivity (Wildman–Crippen MR) is 70.8 cm³/mol. The molecule has 1 N–H and O–H groups in total. The molecule has 0 radical (unpaired) electrons. The van der Waals surface area contributed by atoms with E-state index in [0.29, 0.717) is 0 Å². The second-order valence-electron chi connectivity index (χ2n) is 5.56. The van der Waals surface area contributed by atoms with E-state index < -0.39 is 11.5 Å². The molecule has 5 heteroatoms. The average Bonchev–Trinajstić information content (AvgIpc) is 2.40. The summed E-state index contributed by atoms with van der Waals surface area (Å²) in [4.78, 5) is 18.6. The maximum atomic E-state index is 11.8. The predicted octanol–water partition coefficient (Wildman–Crippen LogP) is 0.173. The van der Waals surface area contributed by atoms with Crippen LogP contribution < -0.4 is 0 Å². The minimum absolute atomic E-state index is 0.605. The van der Waals surface area contributed by atoms with Crippen molar-refractivity contribution in [1.29, 1.82) is 0 Å². The zero-order chi connectivity index (χ0) is 13.2. The number of carbonyl (C=O) groups is 1. The van der Waals surface area contributed by atoms with Crippen LogP contribution in [-0.4, -0.2) is 84.2 Å². The number of likely N-dealkylation sites (N-methyl/N-ethyl adjacent to an activating group) is 1. The summed E-state index contributed by atoms with van der Waals surface area (Å²) in [6.45, 7) is 8.80. The van der Waals surface area contributed by atoms with Gasteiger partial charge in [0.1, 0.15) is 5.54 Å². The van der Waals surface area contributed by atoms with Crippen molar-refractivity contribution in [2.75, 3.05) is 52.9 Å². The fraction of sp³-hybridized carbons (Fsp3) is 0.923. The summed E-state index contributed by atoms with van der Waals surface area (Å²) in [5.41, 5.74) is -0.605. The van der Waals surface area contributed by atoms with Crippen molar-refractivity contribution in [3.8, 4) is 0 Å². The van der Waals surface area contributed by atoms with Gasteiger partial charge in [-0.25, -0.2) is 0 Å². The van der Waals surface area contributed by atoms with Crippen LogP contribution in [0.2, 0.25) is 0 Å². The Balaban J connectivity index is 2.05. The van der Waals surface area contributed by atoms with Crippen LogP contribution in [-0.2, 0) is 4.79 Å². The van der Waals surface area contributed by atoms with E-state index in [1.54, 1.807) is 0 Å². The molecule has 5 nitrogen and oxygen atoms in total. The van der Waals surface area contributed by atoms with Crippen LogP contribution in [0.25, 0.3) is 0 Å². The van der Waals surface area contributed by atoms with Crippen molar-refractivity contribution in [3.05, 3.63) is 0 Å². The van der Waals surface area contributed by atoms with E-state index in [2.05, 4.69) is 28.7 Å². The lowest BCUT2D eigenvalue weighted by Crippen LogP contribution is -2.64.